The molecule has 27 heavy (non-hydrogen) atoms. The van der Waals surface area contributed by atoms with E-state index >= 15 is 0 Å². The van der Waals surface area contributed by atoms with Crippen molar-refractivity contribution in [2.45, 2.75) is 19.2 Å². The average molecular weight is 381 g/mol. The van der Waals surface area contributed by atoms with Crippen LogP contribution >= 0.6 is 0 Å². The number of alkyl halides is 3. The van der Waals surface area contributed by atoms with E-state index in [2.05, 4.69) is 20.0 Å². The van der Waals surface area contributed by atoms with Crippen molar-refractivity contribution in [1.82, 2.24) is 9.97 Å². The van der Waals surface area contributed by atoms with E-state index in [0.29, 0.717) is 23.9 Å². The summed E-state index contributed by atoms with van der Waals surface area (Å²) in [5, 5.41) is 3.00. The molecule has 0 radical (unpaired) electrons. The second kappa shape index (κ2) is 7.68. The first-order valence-electron chi connectivity index (χ1n) is 8.29. The van der Waals surface area contributed by atoms with Gasteiger partial charge in [-0.3, -0.25) is 4.79 Å². The van der Waals surface area contributed by atoms with Gasteiger partial charge in [-0.05, 0) is 37.1 Å². The van der Waals surface area contributed by atoms with E-state index in [9.17, 15) is 18.0 Å². The molecule has 1 aromatic carbocycles. The first kappa shape index (κ1) is 18.7. The Bertz CT molecular complexity index is 798. The van der Waals surface area contributed by atoms with Crippen molar-refractivity contribution in [3.05, 3.63) is 36.7 Å². The summed E-state index contributed by atoms with van der Waals surface area (Å²) in [5.41, 5.74) is 5.94. The summed E-state index contributed by atoms with van der Waals surface area (Å²) in [6.45, 7) is 1.25. The molecule has 0 spiro atoms. The second-order valence-corrected chi connectivity index (χ2v) is 6.15. The molecule has 144 valence electrons. The van der Waals surface area contributed by atoms with Gasteiger partial charge in [-0.1, -0.05) is 0 Å². The van der Waals surface area contributed by atoms with Crippen molar-refractivity contribution in [3.63, 3.8) is 0 Å². The zero-order chi connectivity index (χ0) is 19.4. The molecule has 3 N–H and O–H groups in total. The molecule has 0 aliphatic carbocycles. The zero-order valence-electron chi connectivity index (χ0n) is 14.2. The first-order valence-corrected chi connectivity index (χ1v) is 8.29. The third kappa shape index (κ3) is 5.22. The Morgan fingerprint density at radius 2 is 2.00 bits per heavy atom. The highest BCUT2D eigenvalue weighted by atomic mass is 19.4. The van der Waals surface area contributed by atoms with Gasteiger partial charge in [-0.2, -0.15) is 0 Å². The fourth-order valence-electron chi connectivity index (χ4n) is 2.89. The van der Waals surface area contributed by atoms with Crippen LogP contribution < -0.4 is 20.7 Å². The van der Waals surface area contributed by atoms with E-state index in [-0.39, 0.29) is 17.6 Å². The maximum atomic E-state index is 12.2. The molecule has 1 saturated heterocycles. The van der Waals surface area contributed by atoms with Crippen LogP contribution in [-0.2, 0) is 4.79 Å². The number of rotatable bonds is 5. The van der Waals surface area contributed by atoms with Gasteiger partial charge in [0.25, 0.3) is 0 Å². The van der Waals surface area contributed by atoms with Crippen LogP contribution in [0, 0.1) is 5.92 Å². The van der Waals surface area contributed by atoms with E-state index in [1.165, 1.54) is 30.6 Å². The minimum absolute atomic E-state index is 0.216. The van der Waals surface area contributed by atoms with Crippen molar-refractivity contribution in [3.8, 4) is 5.75 Å². The number of nitrogens with one attached hydrogen (secondary N) is 1. The van der Waals surface area contributed by atoms with Crippen LogP contribution in [0.3, 0.4) is 0 Å². The molecule has 0 saturated carbocycles. The zero-order valence-corrected chi connectivity index (χ0v) is 14.2. The first-order chi connectivity index (χ1) is 12.8. The molecule has 1 aliphatic rings. The minimum atomic E-state index is -4.73. The van der Waals surface area contributed by atoms with Crippen molar-refractivity contribution in [2.24, 2.45) is 11.7 Å². The number of benzene rings is 1. The van der Waals surface area contributed by atoms with E-state index < -0.39 is 6.36 Å². The Balaban J connectivity index is 1.68. The van der Waals surface area contributed by atoms with Gasteiger partial charge in [0, 0.05) is 24.8 Å². The summed E-state index contributed by atoms with van der Waals surface area (Å²) in [4.78, 5) is 21.7. The van der Waals surface area contributed by atoms with Crippen LogP contribution in [-0.4, -0.2) is 35.3 Å². The van der Waals surface area contributed by atoms with Gasteiger partial charge in [-0.15, -0.1) is 13.2 Å². The third-order valence-electron chi connectivity index (χ3n) is 4.16. The van der Waals surface area contributed by atoms with Crippen molar-refractivity contribution >= 4 is 23.2 Å². The number of carbonyl (C=O) groups is 1. The highest BCUT2D eigenvalue weighted by Crippen LogP contribution is 2.26. The number of amides is 1. The number of ether oxygens (including phenoxy) is 1. The Labute approximate surface area is 153 Å². The molecular weight excluding hydrogens is 363 g/mol. The van der Waals surface area contributed by atoms with Gasteiger partial charge in [0.15, 0.2) is 0 Å². The molecule has 1 amide bonds. The lowest BCUT2D eigenvalue weighted by Crippen LogP contribution is -2.41. The predicted molar refractivity (Wildman–Crippen MR) is 92.6 cm³/mol. The Morgan fingerprint density at radius 1 is 1.26 bits per heavy atom. The average Bonchev–Trinajstić information content (AvgIpc) is 2.62. The predicted octanol–water partition coefficient (Wildman–Crippen LogP) is 2.82. The third-order valence-corrected chi connectivity index (χ3v) is 4.16. The van der Waals surface area contributed by atoms with Gasteiger partial charge in [-0.25, -0.2) is 9.97 Å². The van der Waals surface area contributed by atoms with Crippen molar-refractivity contribution in [1.29, 1.82) is 0 Å². The van der Waals surface area contributed by atoms with Crippen LogP contribution in [0.25, 0.3) is 0 Å². The Kier molecular flexibility index (Phi) is 5.33. The monoisotopic (exact) mass is 381 g/mol. The fraction of sp³-hybridized carbons (Fsp3) is 0.353. The summed E-state index contributed by atoms with van der Waals surface area (Å²) in [6, 6.07) is 7.03. The summed E-state index contributed by atoms with van der Waals surface area (Å²) in [6.07, 6.45) is -1.75. The number of hydrogen-bond donors (Lipinski definition) is 2. The molecule has 10 heteroatoms. The van der Waals surface area contributed by atoms with E-state index in [0.717, 1.165) is 19.4 Å². The molecule has 7 nitrogen and oxygen atoms in total. The van der Waals surface area contributed by atoms with E-state index in [4.69, 9.17) is 5.73 Å². The van der Waals surface area contributed by atoms with Crippen LogP contribution in [0.2, 0.25) is 0 Å². The fourth-order valence-corrected chi connectivity index (χ4v) is 2.89. The number of piperidine rings is 1. The van der Waals surface area contributed by atoms with E-state index in [1.807, 2.05) is 4.90 Å². The van der Waals surface area contributed by atoms with Crippen LogP contribution in [0.1, 0.15) is 12.8 Å². The van der Waals surface area contributed by atoms with E-state index in [1.54, 1.807) is 6.07 Å². The molecule has 1 atom stereocenters. The molecule has 1 unspecified atom stereocenters. The summed E-state index contributed by atoms with van der Waals surface area (Å²) in [5.74, 6) is 0.281. The highest BCUT2D eigenvalue weighted by Gasteiger charge is 2.31. The quantitative estimate of drug-likeness (QED) is 0.827. The van der Waals surface area contributed by atoms with Crippen LogP contribution in [0.15, 0.2) is 36.7 Å². The maximum Gasteiger partial charge on any atom is 0.573 e. The topological polar surface area (TPSA) is 93.4 Å². The minimum Gasteiger partial charge on any atom is -0.406 e. The number of carbonyl (C=O) groups excluding carboxylic acids is 1. The van der Waals surface area contributed by atoms with Gasteiger partial charge >= 0.3 is 6.36 Å². The highest BCUT2D eigenvalue weighted by molar-refractivity contribution is 5.77. The maximum absolute atomic E-state index is 12.2. The standard InChI is InChI=1S/C17H18F3N5O2/c18-17(19,20)27-13-5-3-12(4-6-13)24-14-8-15(23-10-22-14)25-7-1-2-11(9-25)16(21)26/h3-6,8,10-11H,1-2,7,9H2,(H2,21,26)(H,22,23,24). The molecule has 3 rings (SSSR count). The number of nitrogens with zero attached hydrogens (tertiary/aromatic N) is 3. The molecule has 2 heterocycles. The normalized spacial score (nSPS) is 17.4. The van der Waals surface area contributed by atoms with Crippen LogP contribution in [0.4, 0.5) is 30.5 Å². The largest absolute Gasteiger partial charge is 0.573 e. The number of primary amides is 1. The molecule has 2 aromatic rings. The lowest BCUT2D eigenvalue weighted by Gasteiger charge is -2.32. The number of hydrogen-bond acceptors (Lipinski definition) is 6. The number of halogens is 3. The molecule has 1 fully saturated rings. The number of anilines is 3. The second-order valence-electron chi connectivity index (χ2n) is 6.15. The number of nitrogens with two attached hydrogens (primary N) is 1. The molecular formula is C17H18F3N5O2. The van der Waals surface area contributed by atoms with Crippen LogP contribution in [0.5, 0.6) is 5.75 Å². The van der Waals surface area contributed by atoms with Gasteiger partial charge in [0.1, 0.15) is 23.7 Å². The van der Waals surface area contributed by atoms with Gasteiger partial charge in [0.05, 0.1) is 5.92 Å². The van der Waals surface area contributed by atoms with Gasteiger partial charge < -0.3 is 20.7 Å². The summed E-state index contributed by atoms with van der Waals surface area (Å²) < 4.78 is 40.4. The summed E-state index contributed by atoms with van der Waals surface area (Å²) in [7, 11) is 0. The molecule has 0 bridgehead atoms. The molecule has 1 aromatic heterocycles. The Hall–Kier alpha value is -3.04. The van der Waals surface area contributed by atoms with Crippen molar-refractivity contribution in [2.75, 3.05) is 23.3 Å². The SMILES string of the molecule is NC(=O)C1CCCN(c2cc(Nc3ccc(OC(F)(F)F)cc3)ncn2)C1. The lowest BCUT2D eigenvalue weighted by molar-refractivity contribution is -0.274. The van der Waals surface area contributed by atoms with Crippen molar-refractivity contribution < 1.29 is 22.7 Å². The van der Waals surface area contributed by atoms with Gasteiger partial charge in [0.2, 0.25) is 5.91 Å². The Morgan fingerprint density at radius 3 is 2.67 bits per heavy atom. The molecule has 1 aliphatic heterocycles. The number of aromatic nitrogens is 2. The lowest BCUT2D eigenvalue weighted by atomic mass is 9.97. The summed E-state index contributed by atoms with van der Waals surface area (Å²) >= 11 is 0. The smallest absolute Gasteiger partial charge is 0.406 e.